The molecule has 21 heavy (non-hydrogen) atoms. The first-order valence-corrected chi connectivity index (χ1v) is 9.69. The number of halogens is 2. The van der Waals surface area contributed by atoms with Crippen LogP contribution >= 0.6 is 22.3 Å². The molecule has 0 atom stereocenters. The van der Waals surface area contributed by atoms with Gasteiger partial charge in [-0.3, -0.25) is 4.72 Å². The Morgan fingerprint density at radius 3 is 2.00 bits per heavy atom. The molecule has 0 radical (unpaired) electrons. The lowest BCUT2D eigenvalue weighted by molar-refractivity contribution is 0.601. The van der Waals surface area contributed by atoms with Crippen LogP contribution in [0, 0.1) is 0 Å². The van der Waals surface area contributed by atoms with Crippen molar-refractivity contribution in [1.82, 2.24) is 0 Å². The van der Waals surface area contributed by atoms with Crippen LogP contribution in [0.5, 0.6) is 0 Å². The number of benzene rings is 2. The zero-order valence-electron chi connectivity index (χ0n) is 10.3. The van der Waals surface area contributed by atoms with Crippen LogP contribution in [-0.4, -0.2) is 16.8 Å². The molecule has 5 nitrogen and oxygen atoms in total. The van der Waals surface area contributed by atoms with Gasteiger partial charge in [0.1, 0.15) is 0 Å². The summed E-state index contributed by atoms with van der Waals surface area (Å²) in [7, 11) is -2.54. The molecule has 0 spiro atoms. The van der Waals surface area contributed by atoms with Crippen LogP contribution in [0.1, 0.15) is 0 Å². The molecule has 0 aromatic heterocycles. The third kappa shape index (κ3) is 3.88. The van der Waals surface area contributed by atoms with Gasteiger partial charge in [-0.2, -0.15) is 0 Å². The van der Waals surface area contributed by atoms with E-state index in [4.69, 9.17) is 22.3 Å². The highest BCUT2D eigenvalue weighted by molar-refractivity contribution is 8.13. The van der Waals surface area contributed by atoms with Crippen LogP contribution in [0.25, 0.3) is 0 Å². The van der Waals surface area contributed by atoms with E-state index in [-0.39, 0.29) is 20.5 Å². The molecule has 2 rings (SSSR count). The Morgan fingerprint density at radius 1 is 0.857 bits per heavy atom. The number of rotatable bonds is 4. The Balaban J connectivity index is 2.37. The van der Waals surface area contributed by atoms with Crippen molar-refractivity contribution in [2.75, 3.05) is 4.72 Å². The van der Waals surface area contributed by atoms with Gasteiger partial charge in [0, 0.05) is 10.7 Å². The van der Waals surface area contributed by atoms with E-state index in [0.717, 1.165) is 12.1 Å². The van der Waals surface area contributed by atoms with Gasteiger partial charge in [-0.05, 0) is 30.3 Å². The van der Waals surface area contributed by atoms with Crippen molar-refractivity contribution in [2.45, 2.75) is 9.79 Å². The van der Waals surface area contributed by atoms with Crippen LogP contribution < -0.4 is 4.72 Å². The minimum atomic E-state index is -3.93. The summed E-state index contributed by atoms with van der Waals surface area (Å²) in [5, 5.41) is -0.0729. The van der Waals surface area contributed by atoms with E-state index in [1.54, 1.807) is 18.2 Å². The van der Waals surface area contributed by atoms with E-state index in [9.17, 15) is 16.8 Å². The minimum Gasteiger partial charge on any atom is -0.278 e. The third-order valence-electron chi connectivity index (χ3n) is 2.52. The molecule has 1 N–H and O–H groups in total. The monoisotopic (exact) mass is 365 g/mol. The third-order valence-corrected chi connectivity index (χ3v) is 5.57. The maximum Gasteiger partial charge on any atom is 0.261 e. The number of hydrogen-bond donors (Lipinski definition) is 1. The predicted octanol–water partition coefficient (Wildman–Crippen LogP) is 3.07. The first-order valence-electron chi connectivity index (χ1n) is 5.52. The summed E-state index contributed by atoms with van der Waals surface area (Å²) in [5.41, 5.74) is 0.0598. The first kappa shape index (κ1) is 16.1. The summed E-state index contributed by atoms with van der Waals surface area (Å²) >= 11 is 5.88. The Hall–Kier alpha value is -1.28. The van der Waals surface area contributed by atoms with E-state index in [1.807, 2.05) is 0 Å². The second-order valence-electron chi connectivity index (χ2n) is 4.00. The Labute approximate surface area is 132 Å². The maximum atomic E-state index is 12.1. The van der Waals surface area contributed by atoms with Gasteiger partial charge in [-0.15, -0.1) is 0 Å². The van der Waals surface area contributed by atoms with Crippen LogP contribution in [-0.2, 0) is 19.1 Å². The standard InChI is InChI=1S/C12H9Cl2NO4S2/c13-11-8-10(20(14,16)17)6-7-12(11)15-21(18,19)9-4-2-1-3-5-9/h1-8,15H. The van der Waals surface area contributed by atoms with Crippen molar-refractivity contribution in [3.8, 4) is 0 Å². The largest absolute Gasteiger partial charge is 0.278 e. The summed E-state index contributed by atoms with van der Waals surface area (Å²) in [6, 6.07) is 11.2. The van der Waals surface area contributed by atoms with E-state index in [1.165, 1.54) is 18.2 Å². The fourth-order valence-electron chi connectivity index (χ4n) is 1.53. The van der Waals surface area contributed by atoms with Crippen molar-refractivity contribution in [2.24, 2.45) is 0 Å². The highest BCUT2D eigenvalue weighted by Gasteiger charge is 2.17. The second-order valence-corrected chi connectivity index (χ2v) is 8.65. The molecule has 0 aliphatic rings. The van der Waals surface area contributed by atoms with Crippen molar-refractivity contribution in [1.29, 1.82) is 0 Å². The average Bonchev–Trinajstić information content (AvgIpc) is 2.41. The molecule has 0 fully saturated rings. The van der Waals surface area contributed by atoms with Gasteiger partial charge in [-0.1, -0.05) is 29.8 Å². The summed E-state index contributed by atoms with van der Waals surface area (Å²) in [4.78, 5) is -0.146. The molecule has 2 aromatic carbocycles. The topological polar surface area (TPSA) is 80.3 Å². The summed E-state index contributed by atoms with van der Waals surface area (Å²) in [6.07, 6.45) is 0. The summed E-state index contributed by atoms with van der Waals surface area (Å²) in [5.74, 6) is 0. The highest BCUT2D eigenvalue weighted by Crippen LogP contribution is 2.28. The van der Waals surface area contributed by atoms with Gasteiger partial charge >= 0.3 is 0 Å². The quantitative estimate of drug-likeness (QED) is 0.844. The molecule has 0 aliphatic carbocycles. The fourth-order valence-corrected chi connectivity index (χ4v) is 3.76. The van der Waals surface area contributed by atoms with Crippen molar-refractivity contribution >= 4 is 47.0 Å². The van der Waals surface area contributed by atoms with Crippen LogP contribution in [0.4, 0.5) is 5.69 Å². The maximum absolute atomic E-state index is 12.1. The molecule has 0 heterocycles. The summed E-state index contributed by atoms with van der Waals surface area (Å²) < 4.78 is 48.9. The normalized spacial score (nSPS) is 12.1. The van der Waals surface area contributed by atoms with Gasteiger partial charge < -0.3 is 0 Å². The lowest BCUT2D eigenvalue weighted by Gasteiger charge is -2.10. The van der Waals surface area contributed by atoms with Crippen molar-refractivity contribution < 1.29 is 16.8 Å². The minimum absolute atomic E-state index is 0.0598. The summed E-state index contributed by atoms with van der Waals surface area (Å²) in [6.45, 7) is 0. The molecule has 0 saturated carbocycles. The van der Waals surface area contributed by atoms with Crippen LogP contribution in [0.15, 0.2) is 58.3 Å². The Morgan fingerprint density at radius 2 is 1.48 bits per heavy atom. The smallest absolute Gasteiger partial charge is 0.261 e. The van der Waals surface area contributed by atoms with E-state index in [0.29, 0.717) is 0 Å². The lowest BCUT2D eigenvalue weighted by Crippen LogP contribution is -2.13. The van der Waals surface area contributed by atoms with Gasteiger partial charge in [-0.25, -0.2) is 16.8 Å². The van der Waals surface area contributed by atoms with Crippen LogP contribution in [0.3, 0.4) is 0 Å². The first-order chi connectivity index (χ1) is 9.70. The van der Waals surface area contributed by atoms with E-state index >= 15 is 0 Å². The molecule has 0 amide bonds. The fraction of sp³-hybridized carbons (Fsp3) is 0. The van der Waals surface area contributed by atoms with E-state index < -0.39 is 19.1 Å². The highest BCUT2D eigenvalue weighted by atomic mass is 35.7. The molecule has 0 aliphatic heterocycles. The van der Waals surface area contributed by atoms with Crippen molar-refractivity contribution in [3.63, 3.8) is 0 Å². The molecule has 0 saturated heterocycles. The van der Waals surface area contributed by atoms with Gasteiger partial charge in [0.05, 0.1) is 20.5 Å². The van der Waals surface area contributed by atoms with Gasteiger partial charge in [0.15, 0.2) is 0 Å². The number of nitrogens with one attached hydrogen (secondary N) is 1. The molecule has 2 aromatic rings. The zero-order valence-corrected chi connectivity index (χ0v) is 13.5. The second kappa shape index (κ2) is 5.84. The average molecular weight is 366 g/mol. The Kier molecular flexibility index (Phi) is 4.48. The molecule has 112 valence electrons. The van der Waals surface area contributed by atoms with Gasteiger partial charge in [0.2, 0.25) is 0 Å². The molecule has 0 bridgehead atoms. The molecule has 0 unspecified atom stereocenters. The zero-order chi connectivity index (χ0) is 15.7. The van der Waals surface area contributed by atoms with E-state index in [2.05, 4.69) is 4.72 Å². The SMILES string of the molecule is O=S(=O)(Cl)c1ccc(NS(=O)(=O)c2ccccc2)c(Cl)c1. The Bertz CT molecular complexity index is 865. The molecular weight excluding hydrogens is 357 g/mol. The molecule has 9 heteroatoms. The van der Waals surface area contributed by atoms with Crippen LogP contribution in [0.2, 0.25) is 5.02 Å². The number of hydrogen-bond acceptors (Lipinski definition) is 4. The predicted molar refractivity (Wildman–Crippen MR) is 81.7 cm³/mol. The lowest BCUT2D eigenvalue weighted by atomic mass is 10.3. The number of sulfonamides is 1. The molecular formula is C12H9Cl2NO4S2. The van der Waals surface area contributed by atoms with Crippen molar-refractivity contribution in [3.05, 3.63) is 53.6 Å². The van der Waals surface area contributed by atoms with Gasteiger partial charge in [0.25, 0.3) is 19.1 Å². The number of anilines is 1.